The Labute approximate surface area is 114 Å². The number of rotatable bonds is 2. The summed E-state index contributed by atoms with van der Waals surface area (Å²) in [5.41, 5.74) is -1.55. The first kappa shape index (κ1) is 14.7. The van der Waals surface area contributed by atoms with Crippen molar-refractivity contribution in [2.75, 3.05) is 6.61 Å². The van der Waals surface area contributed by atoms with Crippen LogP contribution in [0.3, 0.4) is 0 Å². The van der Waals surface area contributed by atoms with Crippen molar-refractivity contribution in [3.05, 3.63) is 11.1 Å². The van der Waals surface area contributed by atoms with E-state index in [-0.39, 0.29) is 12.5 Å². The van der Waals surface area contributed by atoms with Crippen molar-refractivity contribution in [1.82, 2.24) is 0 Å². The molecule has 2 rings (SSSR count). The Bertz CT molecular complexity index is 439. The van der Waals surface area contributed by atoms with Crippen molar-refractivity contribution in [1.29, 1.82) is 0 Å². The summed E-state index contributed by atoms with van der Waals surface area (Å²) in [5.74, 6) is -0.0949. The molecule has 0 radical (unpaired) electrons. The monoisotopic (exact) mass is 268 g/mol. The minimum atomic E-state index is -1.42. The third-order valence-electron chi connectivity index (χ3n) is 5.20. The molecule has 1 saturated carbocycles. The SMILES string of the molecule is C[C@@H]1C[C@H](O)[C@]2(O)C(=C1C=O)[C@@](C)(CO)CC2(C)C. The van der Waals surface area contributed by atoms with E-state index < -0.39 is 22.5 Å². The highest BCUT2D eigenvalue weighted by atomic mass is 16.3. The lowest BCUT2D eigenvalue weighted by atomic mass is 9.64. The summed E-state index contributed by atoms with van der Waals surface area (Å²) in [5, 5.41) is 31.3. The Morgan fingerprint density at radius 1 is 1.37 bits per heavy atom. The third kappa shape index (κ3) is 1.66. The summed E-state index contributed by atoms with van der Waals surface area (Å²) in [6.45, 7) is 7.37. The van der Waals surface area contributed by atoms with Crippen LogP contribution in [0.4, 0.5) is 0 Å². The molecule has 2 aliphatic rings. The second-order valence-corrected chi connectivity index (χ2v) is 7.15. The van der Waals surface area contributed by atoms with Crippen molar-refractivity contribution in [2.45, 2.75) is 52.2 Å². The highest BCUT2D eigenvalue weighted by Crippen LogP contribution is 2.63. The number of hydrogen-bond acceptors (Lipinski definition) is 4. The molecule has 4 nitrogen and oxygen atoms in total. The fraction of sp³-hybridized carbons (Fsp3) is 0.800. The highest BCUT2D eigenvalue weighted by Gasteiger charge is 2.65. The number of allylic oxidation sites excluding steroid dienone is 1. The molecule has 2 aliphatic carbocycles. The first-order chi connectivity index (χ1) is 8.64. The number of carbonyl (C=O) groups excluding carboxylic acids is 1. The average molecular weight is 268 g/mol. The van der Waals surface area contributed by atoms with Crippen LogP contribution in [-0.4, -0.2) is 39.9 Å². The maximum atomic E-state index is 11.4. The van der Waals surface area contributed by atoms with Crippen molar-refractivity contribution < 1.29 is 20.1 Å². The number of carbonyl (C=O) groups is 1. The second-order valence-electron chi connectivity index (χ2n) is 7.15. The molecule has 0 spiro atoms. The minimum Gasteiger partial charge on any atom is -0.395 e. The van der Waals surface area contributed by atoms with Gasteiger partial charge in [-0.05, 0) is 29.9 Å². The van der Waals surface area contributed by atoms with Gasteiger partial charge in [-0.3, -0.25) is 4.79 Å². The largest absolute Gasteiger partial charge is 0.395 e. The molecule has 0 heterocycles. The van der Waals surface area contributed by atoms with E-state index in [4.69, 9.17) is 0 Å². The van der Waals surface area contributed by atoms with E-state index in [0.717, 1.165) is 6.29 Å². The standard InChI is InChI=1S/C15H24O4/c1-9-5-11(18)15(19)12(10(9)6-16)14(4,8-17)7-13(15,2)3/h6,9,11,17-19H,5,7-8H2,1-4H3/t9-,11+,14-,15+/m1/s1. The fourth-order valence-corrected chi connectivity index (χ4v) is 4.37. The van der Waals surface area contributed by atoms with Crippen LogP contribution >= 0.6 is 0 Å². The van der Waals surface area contributed by atoms with Crippen LogP contribution in [0.15, 0.2) is 11.1 Å². The van der Waals surface area contributed by atoms with Crippen molar-refractivity contribution >= 4 is 6.29 Å². The lowest BCUT2D eigenvalue weighted by Crippen LogP contribution is -2.55. The molecule has 0 amide bonds. The Kier molecular flexibility index (Phi) is 3.20. The number of aldehydes is 1. The summed E-state index contributed by atoms with van der Waals surface area (Å²) in [7, 11) is 0. The molecule has 1 fully saturated rings. The number of aliphatic hydroxyl groups excluding tert-OH is 2. The average Bonchev–Trinajstić information content (AvgIpc) is 2.47. The third-order valence-corrected chi connectivity index (χ3v) is 5.20. The molecule has 0 bridgehead atoms. The van der Waals surface area contributed by atoms with E-state index >= 15 is 0 Å². The van der Waals surface area contributed by atoms with Gasteiger partial charge in [0, 0.05) is 10.8 Å². The van der Waals surface area contributed by atoms with Crippen LogP contribution in [0.25, 0.3) is 0 Å². The highest BCUT2D eigenvalue weighted by molar-refractivity contribution is 5.78. The Hall–Kier alpha value is -0.710. The van der Waals surface area contributed by atoms with E-state index in [1.54, 1.807) is 0 Å². The van der Waals surface area contributed by atoms with Gasteiger partial charge >= 0.3 is 0 Å². The Morgan fingerprint density at radius 3 is 2.42 bits per heavy atom. The van der Waals surface area contributed by atoms with Gasteiger partial charge < -0.3 is 15.3 Å². The molecule has 0 unspecified atom stereocenters. The zero-order valence-corrected chi connectivity index (χ0v) is 12.1. The van der Waals surface area contributed by atoms with Gasteiger partial charge in [0.25, 0.3) is 0 Å². The second kappa shape index (κ2) is 4.14. The molecule has 19 heavy (non-hydrogen) atoms. The van der Waals surface area contributed by atoms with Crippen LogP contribution in [-0.2, 0) is 4.79 Å². The van der Waals surface area contributed by atoms with E-state index in [1.807, 2.05) is 27.7 Å². The lowest BCUT2D eigenvalue weighted by Gasteiger charge is -2.46. The van der Waals surface area contributed by atoms with Gasteiger partial charge in [-0.1, -0.05) is 27.7 Å². The zero-order valence-electron chi connectivity index (χ0n) is 12.1. The van der Waals surface area contributed by atoms with Crippen molar-refractivity contribution in [3.8, 4) is 0 Å². The van der Waals surface area contributed by atoms with Crippen LogP contribution in [0.5, 0.6) is 0 Å². The fourth-order valence-electron chi connectivity index (χ4n) is 4.37. The first-order valence-corrected chi connectivity index (χ1v) is 6.85. The van der Waals surface area contributed by atoms with E-state index in [0.29, 0.717) is 24.0 Å². The molecule has 108 valence electrons. The van der Waals surface area contributed by atoms with Crippen LogP contribution in [0, 0.1) is 16.7 Å². The molecule has 3 N–H and O–H groups in total. The van der Waals surface area contributed by atoms with Gasteiger partial charge in [0.2, 0.25) is 0 Å². The number of hydrogen-bond donors (Lipinski definition) is 3. The zero-order chi connectivity index (χ0) is 14.6. The van der Waals surface area contributed by atoms with Crippen LogP contribution in [0.2, 0.25) is 0 Å². The Balaban J connectivity index is 2.77. The molecular formula is C15H24O4. The van der Waals surface area contributed by atoms with E-state index in [2.05, 4.69) is 0 Å². The first-order valence-electron chi connectivity index (χ1n) is 6.85. The number of fused-ring (bicyclic) bond motifs is 1. The van der Waals surface area contributed by atoms with Gasteiger partial charge in [0.15, 0.2) is 0 Å². The van der Waals surface area contributed by atoms with Gasteiger partial charge in [-0.25, -0.2) is 0 Å². The van der Waals surface area contributed by atoms with E-state index in [1.165, 1.54) is 0 Å². The predicted molar refractivity (Wildman–Crippen MR) is 71.4 cm³/mol. The summed E-state index contributed by atoms with van der Waals surface area (Å²) in [4.78, 5) is 11.4. The maximum absolute atomic E-state index is 11.4. The topological polar surface area (TPSA) is 77.8 Å². The maximum Gasteiger partial charge on any atom is 0.146 e. The predicted octanol–water partition coefficient (Wildman–Crippen LogP) is 1.04. The molecular weight excluding hydrogens is 244 g/mol. The summed E-state index contributed by atoms with van der Waals surface area (Å²) < 4.78 is 0. The van der Waals surface area contributed by atoms with Crippen LogP contribution < -0.4 is 0 Å². The van der Waals surface area contributed by atoms with Crippen LogP contribution in [0.1, 0.15) is 40.5 Å². The van der Waals surface area contributed by atoms with E-state index in [9.17, 15) is 20.1 Å². The van der Waals surface area contributed by atoms with Crippen molar-refractivity contribution in [3.63, 3.8) is 0 Å². The molecule has 4 atom stereocenters. The van der Waals surface area contributed by atoms with Crippen molar-refractivity contribution in [2.24, 2.45) is 16.7 Å². The number of aliphatic hydroxyl groups is 3. The van der Waals surface area contributed by atoms with Gasteiger partial charge in [-0.2, -0.15) is 0 Å². The summed E-state index contributed by atoms with van der Waals surface area (Å²) >= 11 is 0. The molecule has 0 saturated heterocycles. The van der Waals surface area contributed by atoms with Gasteiger partial charge in [0.05, 0.1) is 12.7 Å². The van der Waals surface area contributed by atoms with Gasteiger partial charge in [-0.15, -0.1) is 0 Å². The minimum absolute atomic E-state index is 0.0949. The molecule has 0 aromatic rings. The molecule has 0 aromatic heterocycles. The normalized spacial score (nSPS) is 45.2. The summed E-state index contributed by atoms with van der Waals surface area (Å²) in [6.07, 6.45) is 0.804. The lowest BCUT2D eigenvalue weighted by molar-refractivity contribution is -0.122. The molecule has 4 heteroatoms. The molecule has 0 aromatic carbocycles. The quantitative estimate of drug-likeness (QED) is 0.654. The van der Waals surface area contributed by atoms with Gasteiger partial charge in [0.1, 0.15) is 11.9 Å². The Morgan fingerprint density at radius 2 is 1.95 bits per heavy atom. The summed E-state index contributed by atoms with van der Waals surface area (Å²) in [6, 6.07) is 0. The molecule has 0 aliphatic heterocycles. The smallest absolute Gasteiger partial charge is 0.146 e.